The third-order valence-corrected chi connectivity index (χ3v) is 2.79. The number of benzene rings is 1. The molecule has 0 spiro atoms. The number of anilines is 1. The van der Waals surface area contributed by atoms with Crippen LogP contribution in [0.3, 0.4) is 0 Å². The fourth-order valence-electron chi connectivity index (χ4n) is 1.55. The first kappa shape index (κ1) is 11.1. The lowest BCUT2D eigenvalue weighted by molar-refractivity contribution is -0.116. The molecule has 1 aliphatic rings. The van der Waals surface area contributed by atoms with Crippen molar-refractivity contribution in [3.8, 4) is 0 Å². The van der Waals surface area contributed by atoms with Crippen molar-refractivity contribution in [2.75, 3.05) is 5.01 Å². The summed E-state index contributed by atoms with van der Waals surface area (Å²) in [5.74, 6) is 0.326. The Labute approximate surface area is 99.7 Å². The highest BCUT2D eigenvalue weighted by Crippen LogP contribution is 2.24. The first-order valence-corrected chi connectivity index (χ1v) is 5.61. The number of carbonyl (C=O) groups is 1. The second kappa shape index (κ2) is 4.26. The molecule has 1 aliphatic heterocycles. The number of hydrazone groups is 1. The maximum Gasteiger partial charge on any atom is 0.253 e. The molecule has 0 saturated heterocycles. The second-order valence-electron chi connectivity index (χ2n) is 4.10. The summed E-state index contributed by atoms with van der Waals surface area (Å²) in [5.41, 5.74) is 1.70. The van der Waals surface area contributed by atoms with Gasteiger partial charge in [-0.3, -0.25) is 4.79 Å². The number of rotatable bonds is 2. The van der Waals surface area contributed by atoms with Crippen LogP contribution in [0.5, 0.6) is 0 Å². The summed E-state index contributed by atoms with van der Waals surface area (Å²) in [7, 11) is 0. The number of hydrogen-bond acceptors (Lipinski definition) is 2. The molecule has 0 N–H and O–H groups in total. The largest absolute Gasteiger partial charge is 0.272 e. The third kappa shape index (κ3) is 2.09. The highest BCUT2D eigenvalue weighted by molar-refractivity contribution is 6.30. The Kier molecular flexibility index (Phi) is 2.97. The van der Waals surface area contributed by atoms with Gasteiger partial charge < -0.3 is 0 Å². The Balaban J connectivity index is 2.28. The number of nitrogens with zero attached hydrogens (tertiary/aromatic N) is 2. The molecule has 16 heavy (non-hydrogen) atoms. The molecule has 0 bridgehead atoms. The molecule has 1 amide bonds. The van der Waals surface area contributed by atoms with Crippen LogP contribution in [0.1, 0.15) is 20.3 Å². The van der Waals surface area contributed by atoms with E-state index >= 15 is 0 Å². The number of amides is 1. The molecule has 0 aromatic heterocycles. The van der Waals surface area contributed by atoms with E-state index in [2.05, 4.69) is 5.10 Å². The van der Waals surface area contributed by atoms with Crippen molar-refractivity contribution >= 4 is 28.9 Å². The van der Waals surface area contributed by atoms with Crippen LogP contribution >= 0.6 is 11.6 Å². The normalized spacial score (nSPS) is 15.9. The van der Waals surface area contributed by atoms with Gasteiger partial charge in [0.25, 0.3) is 5.91 Å². The van der Waals surface area contributed by atoms with Crippen LogP contribution in [-0.4, -0.2) is 11.6 Å². The molecule has 3 nitrogen and oxygen atoms in total. The second-order valence-corrected chi connectivity index (χ2v) is 4.54. The van der Waals surface area contributed by atoms with Gasteiger partial charge in [0.2, 0.25) is 0 Å². The lowest BCUT2D eigenvalue weighted by Gasteiger charge is -2.11. The highest BCUT2D eigenvalue weighted by atomic mass is 35.5. The average molecular weight is 237 g/mol. The topological polar surface area (TPSA) is 32.7 Å². The Hall–Kier alpha value is -1.35. The first-order chi connectivity index (χ1) is 7.58. The summed E-state index contributed by atoms with van der Waals surface area (Å²) in [6, 6.07) is 7.11. The van der Waals surface area contributed by atoms with E-state index in [1.54, 1.807) is 24.3 Å². The quantitative estimate of drug-likeness (QED) is 0.777. The smallest absolute Gasteiger partial charge is 0.253 e. The zero-order chi connectivity index (χ0) is 11.7. The van der Waals surface area contributed by atoms with Crippen LogP contribution in [0, 0.1) is 5.92 Å². The fraction of sp³-hybridized carbons (Fsp3) is 0.333. The average Bonchev–Trinajstić information content (AvgIpc) is 2.62. The van der Waals surface area contributed by atoms with Crippen LogP contribution in [0.25, 0.3) is 0 Å². The lowest BCUT2D eigenvalue weighted by Crippen LogP contribution is -2.19. The molecule has 4 heteroatoms. The summed E-state index contributed by atoms with van der Waals surface area (Å²) in [5, 5.41) is 6.43. The van der Waals surface area contributed by atoms with Crippen molar-refractivity contribution in [3.05, 3.63) is 29.3 Å². The maximum absolute atomic E-state index is 11.8. The monoisotopic (exact) mass is 236 g/mol. The van der Waals surface area contributed by atoms with Crippen LogP contribution in [-0.2, 0) is 4.79 Å². The van der Waals surface area contributed by atoms with Crippen molar-refractivity contribution in [1.82, 2.24) is 0 Å². The van der Waals surface area contributed by atoms with Crippen LogP contribution < -0.4 is 5.01 Å². The summed E-state index contributed by atoms with van der Waals surface area (Å²) in [4.78, 5) is 11.8. The zero-order valence-electron chi connectivity index (χ0n) is 9.27. The van der Waals surface area contributed by atoms with E-state index in [9.17, 15) is 4.79 Å². The van der Waals surface area contributed by atoms with Gasteiger partial charge in [0.15, 0.2) is 0 Å². The minimum absolute atomic E-state index is 0.0195. The summed E-state index contributed by atoms with van der Waals surface area (Å²) < 4.78 is 0. The van der Waals surface area contributed by atoms with E-state index in [0.29, 0.717) is 17.4 Å². The van der Waals surface area contributed by atoms with Gasteiger partial charge in [-0.1, -0.05) is 25.4 Å². The molecule has 0 aliphatic carbocycles. The first-order valence-electron chi connectivity index (χ1n) is 5.24. The lowest BCUT2D eigenvalue weighted by atomic mass is 10.1. The molecule has 2 rings (SSSR count). The van der Waals surface area contributed by atoms with E-state index in [0.717, 1.165) is 11.4 Å². The Bertz CT molecular complexity index is 437. The Morgan fingerprint density at radius 2 is 1.94 bits per heavy atom. The van der Waals surface area contributed by atoms with Gasteiger partial charge in [0.1, 0.15) is 0 Å². The fourth-order valence-corrected chi connectivity index (χ4v) is 1.68. The van der Waals surface area contributed by atoms with Gasteiger partial charge in [0.05, 0.1) is 17.8 Å². The Morgan fingerprint density at radius 1 is 1.31 bits per heavy atom. The maximum atomic E-state index is 11.8. The van der Waals surface area contributed by atoms with Crippen molar-refractivity contribution in [2.45, 2.75) is 20.3 Å². The SMILES string of the molecule is CC(C)C1=NN(c2ccc(Cl)cc2)C(=O)C1. The molecule has 0 radical (unpaired) electrons. The van der Waals surface area contributed by atoms with Gasteiger partial charge in [-0.25, -0.2) is 5.01 Å². The van der Waals surface area contributed by atoms with Crippen LogP contribution in [0.4, 0.5) is 5.69 Å². The number of hydrogen-bond donors (Lipinski definition) is 0. The predicted octanol–water partition coefficient (Wildman–Crippen LogP) is 3.09. The summed E-state index contributed by atoms with van der Waals surface area (Å²) in [6.45, 7) is 4.08. The molecular weight excluding hydrogens is 224 g/mol. The van der Waals surface area contributed by atoms with Crippen molar-refractivity contribution in [1.29, 1.82) is 0 Å². The summed E-state index contributed by atoms with van der Waals surface area (Å²) >= 11 is 5.79. The van der Waals surface area contributed by atoms with Gasteiger partial charge >= 0.3 is 0 Å². The minimum Gasteiger partial charge on any atom is -0.272 e. The minimum atomic E-state index is 0.0195. The van der Waals surface area contributed by atoms with Crippen LogP contribution in [0.2, 0.25) is 5.02 Å². The molecule has 1 heterocycles. The summed E-state index contributed by atoms with van der Waals surface area (Å²) in [6.07, 6.45) is 0.417. The molecule has 1 aromatic rings. The van der Waals surface area contributed by atoms with E-state index in [1.165, 1.54) is 5.01 Å². The molecule has 0 unspecified atom stereocenters. The van der Waals surface area contributed by atoms with Gasteiger partial charge in [0, 0.05) is 5.02 Å². The van der Waals surface area contributed by atoms with E-state index < -0.39 is 0 Å². The van der Waals surface area contributed by atoms with Crippen molar-refractivity contribution in [3.63, 3.8) is 0 Å². The molecule has 1 aromatic carbocycles. The van der Waals surface area contributed by atoms with Gasteiger partial charge in [-0.15, -0.1) is 0 Å². The Morgan fingerprint density at radius 3 is 2.44 bits per heavy atom. The van der Waals surface area contributed by atoms with Gasteiger partial charge in [-0.05, 0) is 30.2 Å². The van der Waals surface area contributed by atoms with Gasteiger partial charge in [-0.2, -0.15) is 5.10 Å². The third-order valence-electron chi connectivity index (χ3n) is 2.53. The van der Waals surface area contributed by atoms with E-state index in [4.69, 9.17) is 11.6 Å². The zero-order valence-corrected chi connectivity index (χ0v) is 10.0. The standard InChI is InChI=1S/C12H13ClN2O/c1-8(2)11-7-12(16)15(14-11)10-5-3-9(13)4-6-10/h3-6,8H,7H2,1-2H3. The number of carbonyl (C=O) groups excluding carboxylic acids is 1. The molecule has 84 valence electrons. The van der Waals surface area contributed by atoms with Crippen molar-refractivity contribution < 1.29 is 4.79 Å². The highest BCUT2D eigenvalue weighted by Gasteiger charge is 2.26. The number of halogens is 1. The van der Waals surface area contributed by atoms with Crippen molar-refractivity contribution in [2.24, 2.45) is 11.0 Å². The molecule has 0 atom stereocenters. The predicted molar refractivity (Wildman–Crippen MR) is 65.8 cm³/mol. The molecule has 0 fully saturated rings. The molecular formula is C12H13ClN2O. The van der Waals surface area contributed by atoms with E-state index in [-0.39, 0.29) is 5.91 Å². The van der Waals surface area contributed by atoms with E-state index in [1.807, 2.05) is 13.8 Å². The molecule has 0 saturated carbocycles. The van der Waals surface area contributed by atoms with Crippen LogP contribution in [0.15, 0.2) is 29.4 Å².